The Morgan fingerprint density at radius 1 is 1.32 bits per heavy atom. The first-order valence-electron chi connectivity index (χ1n) is 6.38. The number of hydrogen-bond acceptors (Lipinski definition) is 2. The lowest BCUT2D eigenvalue weighted by Crippen LogP contribution is -2.23. The second kappa shape index (κ2) is 7.50. The topological polar surface area (TPSA) is 21.3 Å². The lowest BCUT2D eigenvalue weighted by molar-refractivity contribution is -0.137. The predicted octanol–water partition coefficient (Wildman–Crippen LogP) is 3.78. The van der Waals surface area contributed by atoms with E-state index in [9.17, 15) is 13.2 Å². The fraction of sp³-hybridized carbons (Fsp3) is 0.571. The van der Waals surface area contributed by atoms with Gasteiger partial charge in [-0.2, -0.15) is 13.2 Å². The van der Waals surface area contributed by atoms with Gasteiger partial charge in [-0.05, 0) is 37.1 Å². The number of halogens is 3. The molecule has 1 N–H and O–H groups in total. The van der Waals surface area contributed by atoms with Gasteiger partial charge in [-0.15, -0.1) is 0 Å². The van der Waals surface area contributed by atoms with E-state index < -0.39 is 11.7 Å². The number of hydrogen-bond donors (Lipinski definition) is 1. The minimum Gasteiger partial charge on any atom is -0.385 e. The molecule has 0 radical (unpaired) electrons. The van der Waals surface area contributed by atoms with Crippen LogP contribution in [0.5, 0.6) is 0 Å². The Hall–Kier alpha value is -1.07. The van der Waals surface area contributed by atoms with Gasteiger partial charge in [0.2, 0.25) is 0 Å². The minimum atomic E-state index is -4.30. The molecule has 1 unspecified atom stereocenters. The van der Waals surface area contributed by atoms with Crippen LogP contribution >= 0.6 is 0 Å². The molecule has 19 heavy (non-hydrogen) atoms. The fourth-order valence-electron chi connectivity index (χ4n) is 1.87. The highest BCUT2D eigenvalue weighted by Crippen LogP contribution is 2.31. The SMILES string of the molecule is CCCNC(CCOC)c1cccc(C(F)(F)F)c1. The molecule has 0 aliphatic rings. The maximum Gasteiger partial charge on any atom is 0.416 e. The van der Waals surface area contributed by atoms with Crippen molar-refractivity contribution in [2.75, 3.05) is 20.3 Å². The Bertz CT molecular complexity index is 371. The molecule has 0 aliphatic heterocycles. The van der Waals surface area contributed by atoms with Gasteiger partial charge in [0.1, 0.15) is 0 Å². The Morgan fingerprint density at radius 3 is 2.63 bits per heavy atom. The molecule has 0 fully saturated rings. The van der Waals surface area contributed by atoms with Crippen molar-refractivity contribution in [2.24, 2.45) is 0 Å². The zero-order valence-electron chi connectivity index (χ0n) is 11.3. The van der Waals surface area contributed by atoms with Crippen molar-refractivity contribution in [3.05, 3.63) is 35.4 Å². The molecule has 1 aromatic carbocycles. The van der Waals surface area contributed by atoms with Crippen molar-refractivity contribution < 1.29 is 17.9 Å². The van der Waals surface area contributed by atoms with Crippen molar-refractivity contribution in [1.29, 1.82) is 0 Å². The van der Waals surface area contributed by atoms with Gasteiger partial charge in [-0.1, -0.05) is 19.1 Å². The number of methoxy groups -OCH3 is 1. The molecule has 5 heteroatoms. The first kappa shape index (κ1) is 16.0. The summed E-state index contributed by atoms with van der Waals surface area (Å²) in [6, 6.07) is 5.37. The molecule has 108 valence electrons. The third-order valence-electron chi connectivity index (χ3n) is 2.87. The van der Waals surface area contributed by atoms with Gasteiger partial charge in [0, 0.05) is 19.8 Å². The van der Waals surface area contributed by atoms with Gasteiger partial charge in [0.05, 0.1) is 5.56 Å². The smallest absolute Gasteiger partial charge is 0.385 e. The molecule has 2 nitrogen and oxygen atoms in total. The third kappa shape index (κ3) is 5.20. The van der Waals surface area contributed by atoms with Crippen LogP contribution in [0.3, 0.4) is 0 Å². The second-order valence-electron chi connectivity index (χ2n) is 4.41. The third-order valence-corrected chi connectivity index (χ3v) is 2.87. The van der Waals surface area contributed by atoms with E-state index in [2.05, 4.69) is 5.32 Å². The molecule has 0 bridgehead atoms. The Labute approximate surface area is 112 Å². The molecule has 0 saturated carbocycles. The summed E-state index contributed by atoms with van der Waals surface area (Å²) in [4.78, 5) is 0. The van der Waals surface area contributed by atoms with Gasteiger partial charge >= 0.3 is 6.18 Å². The molecule has 0 amide bonds. The highest BCUT2D eigenvalue weighted by molar-refractivity contribution is 5.28. The van der Waals surface area contributed by atoms with E-state index >= 15 is 0 Å². The van der Waals surface area contributed by atoms with Crippen molar-refractivity contribution in [3.8, 4) is 0 Å². The normalized spacial score (nSPS) is 13.5. The lowest BCUT2D eigenvalue weighted by Gasteiger charge is -2.20. The number of ether oxygens (including phenoxy) is 1. The van der Waals surface area contributed by atoms with E-state index in [0.717, 1.165) is 19.0 Å². The Balaban J connectivity index is 2.88. The molecule has 1 atom stereocenters. The van der Waals surface area contributed by atoms with Crippen LogP contribution in [0.25, 0.3) is 0 Å². The molecule has 1 rings (SSSR count). The Kier molecular flexibility index (Phi) is 6.31. The van der Waals surface area contributed by atoms with Gasteiger partial charge in [-0.3, -0.25) is 0 Å². The summed E-state index contributed by atoms with van der Waals surface area (Å²) in [5.41, 5.74) is 0.0473. The first-order chi connectivity index (χ1) is 8.99. The molecule has 0 heterocycles. The van der Waals surface area contributed by atoms with Crippen LogP contribution in [0.1, 0.15) is 36.9 Å². The fourth-order valence-corrected chi connectivity index (χ4v) is 1.87. The van der Waals surface area contributed by atoms with E-state index in [0.29, 0.717) is 18.6 Å². The maximum atomic E-state index is 12.7. The van der Waals surface area contributed by atoms with E-state index in [1.807, 2.05) is 6.92 Å². The van der Waals surface area contributed by atoms with Gasteiger partial charge in [0.15, 0.2) is 0 Å². The van der Waals surface area contributed by atoms with Crippen LogP contribution in [0.4, 0.5) is 13.2 Å². The van der Waals surface area contributed by atoms with Crippen molar-refractivity contribution >= 4 is 0 Å². The van der Waals surface area contributed by atoms with Crippen molar-refractivity contribution in [2.45, 2.75) is 32.0 Å². The largest absolute Gasteiger partial charge is 0.416 e. The summed E-state index contributed by atoms with van der Waals surface area (Å²) in [7, 11) is 1.59. The van der Waals surface area contributed by atoms with E-state index in [1.54, 1.807) is 13.2 Å². The average Bonchev–Trinajstić information content (AvgIpc) is 2.38. The van der Waals surface area contributed by atoms with Crippen molar-refractivity contribution in [1.82, 2.24) is 5.32 Å². The molecule has 0 aliphatic carbocycles. The van der Waals surface area contributed by atoms with Gasteiger partial charge in [-0.25, -0.2) is 0 Å². The number of benzene rings is 1. The zero-order chi connectivity index (χ0) is 14.3. The zero-order valence-corrected chi connectivity index (χ0v) is 11.3. The summed E-state index contributed by atoms with van der Waals surface area (Å²) in [5.74, 6) is 0. The second-order valence-corrected chi connectivity index (χ2v) is 4.41. The predicted molar refractivity (Wildman–Crippen MR) is 69.0 cm³/mol. The molecule has 0 aromatic heterocycles. The standard InChI is InChI=1S/C14H20F3NO/c1-3-8-18-13(7-9-19-2)11-5-4-6-12(10-11)14(15,16)17/h4-6,10,13,18H,3,7-9H2,1-2H3. The average molecular weight is 275 g/mol. The summed E-state index contributed by atoms with van der Waals surface area (Å²) in [6.07, 6.45) is -2.72. The number of alkyl halides is 3. The van der Waals surface area contributed by atoms with Crippen LogP contribution in [0, 0.1) is 0 Å². The van der Waals surface area contributed by atoms with E-state index in [1.165, 1.54) is 12.1 Å². The van der Waals surface area contributed by atoms with Crippen LogP contribution in [-0.2, 0) is 10.9 Å². The summed E-state index contributed by atoms with van der Waals surface area (Å²) in [5, 5.41) is 3.25. The van der Waals surface area contributed by atoms with E-state index in [-0.39, 0.29) is 6.04 Å². The highest BCUT2D eigenvalue weighted by atomic mass is 19.4. The quantitative estimate of drug-likeness (QED) is 0.817. The van der Waals surface area contributed by atoms with Gasteiger partial charge in [0.25, 0.3) is 0 Å². The summed E-state index contributed by atoms with van der Waals surface area (Å²) >= 11 is 0. The monoisotopic (exact) mass is 275 g/mol. The van der Waals surface area contributed by atoms with Crippen LogP contribution in [0.15, 0.2) is 24.3 Å². The highest BCUT2D eigenvalue weighted by Gasteiger charge is 2.30. The van der Waals surface area contributed by atoms with Crippen LogP contribution in [-0.4, -0.2) is 20.3 Å². The molecular weight excluding hydrogens is 255 g/mol. The van der Waals surface area contributed by atoms with E-state index in [4.69, 9.17) is 4.74 Å². The number of rotatable bonds is 7. The van der Waals surface area contributed by atoms with Crippen LogP contribution < -0.4 is 5.32 Å². The Morgan fingerprint density at radius 2 is 2.05 bits per heavy atom. The molecule has 0 spiro atoms. The van der Waals surface area contributed by atoms with Gasteiger partial charge < -0.3 is 10.1 Å². The number of nitrogens with one attached hydrogen (secondary N) is 1. The van der Waals surface area contributed by atoms with Crippen molar-refractivity contribution in [3.63, 3.8) is 0 Å². The lowest BCUT2D eigenvalue weighted by atomic mass is 10.0. The molecular formula is C14H20F3NO. The van der Waals surface area contributed by atoms with Crippen LogP contribution in [0.2, 0.25) is 0 Å². The summed E-state index contributed by atoms with van der Waals surface area (Å²) in [6.45, 7) is 3.30. The first-order valence-corrected chi connectivity index (χ1v) is 6.38. The molecule has 0 saturated heterocycles. The summed E-state index contributed by atoms with van der Waals surface area (Å²) < 4.78 is 43.1. The maximum absolute atomic E-state index is 12.7. The molecule has 1 aromatic rings. The minimum absolute atomic E-state index is 0.109.